The third-order valence-electron chi connectivity index (χ3n) is 4.09. The van der Waals surface area contributed by atoms with Crippen LogP contribution in [0.3, 0.4) is 0 Å². The van der Waals surface area contributed by atoms with E-state index in [-0.39, 0.29) is 5.92 Å². The van der Waals surface area contributed by atoms with E-state index < -0.39 is 11.9 Å². The molecule has 3 N–H and O–H groups in total. The number of nitrogen functional groups attached to an aromatic ring is 1. The van der Waals surface area contributed by atoms with Gasteiger partial charge < -0.3 is 10.8 Å². The minimum Gasteiger partial charge on any atom is -0.481 e. The molecule has 0 aliphatic rings. The molecule has 2 atom stereocenters. The molecule has 3 heteroatoms. The molecule has 1 aromatic rings. The number of rotatable bonds is 7. The highest BCUT2D eigenvalue weighted by Crippen LogP contribution is 2.36. The number of carboxylic acid groups (broad SMARTS) is 1. The highest BCUT2D eigenvalue weighted by Gasteiger charge is 2.30. The number of hydrogen-bond donors (Lipinski definition) is 2. The fourth-order valence-corrected chi connectivity index (χ4v) is 2.93. The van der Waals surface area contributed by atoms with E-state index in [0.717, 1.165) is 42.4 Å². The predicted octanol–water partition coefficient (Wildman–Crippen LogP) is 4.27. The number of benzene rings is 1. The van der Waals surface area contributed by atoms with E-state index in [9.17, 15) is 9.90 Å². The van der Waals surface area contributed by atoms with Gasteiger partial charge in [-0.2, -0.15) is 0 Å². The average Bonchev–Trinajstić information content (AvgIpc) is 2.38. The maximum absolute atomic E-state index is 11.8. The Balaban J connectivity index is 3.22. The van der Waals surface area contributed by atoms with Crippen LogP contribution in [0, 0.1) is 19.8 Å². The Morgan fingerprint density at radius 2 is 1.95 bits per heavy atom. The maximum Gasteiger partial charge on any atom is 0.311 e. The highest BCUT2D eigenvalue weighted by molar-refractivity contribution is 5.79. The van der Waals surface area contributed by atoms with Crippen molar-refractivity contribution in [2.75, 3.05) is 5.73 Å². The van der Waals surface area contributed by atoms with Crippen LogP contribution in [0.2, 0.25) is 0 Å². The van der Waals surface area contributed by atoms with Gasteiger partial charge in [-0.15, -0.1) is 0 Å². The zero-order chi connectivity index (χ0) is 15.3. The molecule has 2 unspecified atom stereocenters. The topological polar surface area (TPSA) is 63.3 Å². The Labute approximate surface area is 122 Å². The summed E-state index contributed by atoms with van der Waals surface area (Å²) in [4.78, 5) is 11.8. The van der Waals surface area contributed by atoms with Crippen LogP contribution in [0.4, 0.5) is 5.69 Å². The van der Waals surface area contributed by atoms with Crippen molar-refractivity contribution in [3.8, 4) is 0 Å². The summed E-state index contributed by atoms with van der Waals surface area (Å²) in [5, 5.41) is 9.68. The molecule has 0 aliphatic heterocycles. The van der Waals surface area contributed by atoms with Crippen molar-refractivity contribution in [2.45, 2.75) is 59.3 Å². The van der Waals surface area contributed by atoms with E-state index in [1.165, 1.54) is 0 Å². The van der Waals surface area contributed by atoms with Crippen LogP contribution in [0.1, 0.15) is 62.1 Å². The first kappa shape index (κ1) is 16.5. The number of unbranched alkanes of at least 4 members (excludes halogenated alkanes) is 1. The van der Waals surface area contributed by atoms with E-state index in [2.05, 4.69) is 13.8 Å². The van der Waals surface area contributed by atoms with Gasteiger partial charge in [-0.25, -0.2) is 0 Å². The summed E-state index contributed by atoms with van der Waals surface area (Å²) < 4.78 is 0. The maximum atomic E-state index is 11.8. The van der Waals surface area contributed by atoms with Crippen LogP contribution in [0.5, 0.6) is 0 Å². The van der Waals surface area contributed by atoms with E-state index in [1.54, 1.807) is 0 Å². The van der Waals surface area contributed by atoms with E-state index >= 15 is 0 Å². The summed E-state index contributed by atoms with van der Waals surface area (Å²) in [5.41, 5.74) is 9.62. The summed E-state index contributed by atoms with van der Waals surface area (Å²) in [7, 11) is 0. The number of carbonyl (C=O) groups is 1. The van der Waals surface area contributed by atoms with Crippen molar-refractivity contribution >= 4 is 11.7 Å². The number of aryl methyl sites for hydroxylation is 2. The molecule has 0 aromatic heterocycles. The highest BCUT2D eigenvalue weighted by atomic mass is 16.4. The van der Waals surface area contributed by atoms with Crippen LogP contribution in [0.25, 0.3) is 0 Å². The monoisotopic (exact) mass is 277 g/mol. The molecule has 0 radical (unpaired) electrons. The Hall–Kier alpha value is -1.51. The van der Waals surface area contributed by atoms with Crippen molar-refractivity contribution in [1.29, 1.82) is 0 Å². The Morgan fingerprint density at radius 3 is 2.45 bits per heavy atom. The first-order valence-electron chi connectivity index (χ1n) is 7.51. The number of aliphatic carboxylic acids is 1. The smallest absolute Gasteiger partial charge is 0.311 e. The second-order valence-electron chi connectivity index (χ2n) is 5.71. The van der Waals surface area contributed by atoms with Crippen molar-refractivity contribution in [1.82, 2.24) is 0 Å². The van der Waals surface area contributed by atoms with E-state index in [4.69, 9.17) is 5.73 Å². The number of anilines is 1. The number of nitrogens with two attached hydrogens (primary N) is 1. The molecular formula is C17H27NO2. The largest absolute Gasteiger partial charge is 0.481 e. The second-order valence-corrected chi connectivity index (χ2v) is 5.71. The number of carboxylic acids is 1. The summed E-state index contributed by atoms with van der Waals surface area (Å²) in [6.45, 7) is 8.13. The van der Waals surface area contributed by atoms with Gasteiger partial charge in [-0.1, -0.05) is 50.8 Å². The van der Waals surface area contributed by atoms with Gasteiger partial charge in [-0.3, -0.25) is 4.79 Å². The van der Waals surface area contributed by atoms with Gasteiger partial charge in [0.05, 0.1) is 5.92 Å². The molecular weight excluding hydrogens is 250 g/mol. The Kier molecular flexibility index (Phi) is 6.05. The quantitative estimate of drug-likeness (QED) is 0.731. The van der Waals surface area contributed by atoms with Gasteiger partial charge in [0.15, 0.2) is 0 Å². The van der Waals surface area contributed by atoms with Gasteiger partial charge in [0, 0.05) is 5.69 Å². The summed E-state index contributed by atoms with van der Waals surface area (Å²) in [6.07, 6.45) is 3.96. The normalized spacial score (nSPS) is 14.0. The number of hydrogen-bond acceptors (Lipinski definition) is 2. The third-order valence-corrected chi connectivity index (χ3v) is 4.09. The molecule has 0 fully saturated rings. The van der Waals surface area contributed by atoms with Crippen molar-refractivity contribution in [2.24, 2.45) is 5.92 Å². The lowest BCUT2D eigenvalue weighted by Gasteiger charge is -2.25. The van der Waals surface area contributed by atoms with Gasteiger partial charge in [0.25, 0.3) is 0 Å². The zero-order valence-corrected chi connectivity index (χ0v) is 13.1. The molecule has 1 aromatic carbocycles. The van der Waals surface area contributed by atoms with Crippen LogP contribution in [0.15, 0.2) is 12.1 Å². The molecule has 1 rings (SSSR count). The minimum atomic E-state index is -0.760. The molecule has 0 spiro atoms. The molecule has 0 saturated carbocycles. The van der Waals surface area contributed by atoms with Gasteiger partial charge in [0.1, 0.15) is 0 Å². The van der Waals surface area contributed by atoms with E-state index in [0.29, 0.717) is 5.69 Å². The van der Waals surface area contributed by atoms with E-state index in [1.807, 2.05) is 26.0 Å². The van der Waals surface area contributed by atoms with Crippen molar-refractivity contribution in [3.63, 3.8) is 0 Å². The standard InChI is InChI=1S/C17H27NO2/c1-5-7-8-13(6-2)15(17(19)20)14-10-11(3)9-12(4)16(14)18/h9-10,13,15H,5-8,18H2,1-4H3,(H,19,20). The molecule has 0 heterocycles. The predicted molar refractivity (Wildman–Crippen MR) is 84.0 cm³/mol. The Bertz CT molecular complexity index is 468. The summed E-state index contributed by atoms with van der Waals surface area (Å²) in [5.74, 6) is -1.11. The Morgan fingerprint density at radius 1 is 1.30 bits per heavy atom. The molecule has 0 bridgehead atoms. The lowest BCUT2D eigenvalue weighted by Crippen LogP contribution is -2.23. The fourth-order valence-electron chi connectivity index (χ4n) is 2.93. The van der Waals surface area contributed by atoms with Crippen molar-refractivity contribution in [3.05, 3.63) is 28.8 Å². The van der Waals surface area contributed by atoms with Crippen LogP contribution < -0.4 is 5.73 Å². The molecule has 3 nitrogen and oxygen atoms in total. The van der Waals surface area contributed by atoms with Gasteiger partial charge in [-0.05, 0) is 37.3 Å². The van der Waals surface area contributed by atoms with Crippen LogP contribution >= 0.6 is 0 Å². The first-order valence-corrected chi connectivity index (χ1v) is 7.51. The third kappa shape index (κ3) is 3.75. The zero-order valence-electron chi connectivity index (χ0n) is 13.1. The first-order chi connectivity index (χ1) is 9.42. The lowest BCUT2D eigenvalue weighted by atomic mass is 9.79. The molecule has 0 aliphatic carbocycles. The summed E-state index contributed by atoms with van der Waals surface area (Å²) in [6, 6.07) is 3.94. The van der Waals surface area contributed by atoms with Crippen LogP contribution in [-0.2, 0) is 4.79 Å². The molecule has 112 valence electrons. The lowest BCUT2D eigenvalue weighted by molar-refractivity contribution is -0.140. The second kappa shape index (κ2) is 7.32. The van der Waals surface area contributed by atoms with Gasteiger partial charge in [0.2, 0.25) is 0 Å². The average molecular weight is 277 g/mol. The summed E-state index contributed by atoms with van der Waals surface area (Å²) >= 11 is 0. The van der Waals surface area contributed by atoms with Crippen LogP contribution in [-0.4, -0.2) is 11.1 Å². The minimum absolute atomic E-state index is 0.149. The molecule has 20 heavy (non-hydrogen) atoms. The fraction of sp³-hybridized carbons (Fsp3) is 0.588. The molecule has 0 saturated heterocycles. The molecule has 0 amide bonds. The van der Waals surface area contributed by atoms with Crippen molar-refractivity contribution < 1.29 is 9.90 Å². The van der Waals surface area contributed by atoms with Gasteiger partial charge >= 0.3 is 5.97 Å². The SMILES string of the molecule is CCCCC(CC)C(C(=O)O)c1cc(C)cc(C)c1N.